The van der Waals surface area contributed by atoms with Gasteiger partial charge >= 0.3 is 0 Å². The molecule has 2 bridgehead atoms. The van der Waals surface area contributed by atoms with E-state index in [4.69, 9.17) is 0 Å². The van der Waals surface area contributed by atoms with Gasteiger partial charge in [0.1, 0.15) is 0 Å². The zero-order chi connectivity index (χ0) is 14.2. The average molecular weight is 294 g/mol. The maximum Gasteiger partial charge on any atom is 0.0536 e. The van der Waals surface area contributed by atoms with E-state index in [0.29, 0.717) is 10.5 Å². The van der Waals surface area contributed by atoms with Gasteiger partial charge in [0.2, 0.25) is 0 Å². The molecule has 0 aliphatic carbocycles. The number of rotatable bonds is 2. The Morgan fingerprint density at radius 2 is 1.48 bits per heavy atom. The molecule has 2 heteroatoms. The van der Waals surface area contributed by atoms with E-state index in [9.17, 15) is 4.21 Å². The van der Waals surface area contributed by atoms with E-state index in [1.807, 2.05) is 6.07 Å². The third-order valence-corrected chi connectivity index (χ3v) is 6.63. The van der Waals surface area contributed by atoms with Gasteiger partial charge < -0.3 is 0 Å². The number of hydrogen-bond donors (Lipinski definition) is 0. The molecule has 2 aliphatic heterocycles. The van der Waals surface area contributed by atoms with Gasteiger partial charge in [0.25, 0.3) is 0 Å². The van der Waals surface area contributed by atoms with Crippen LogP contribution in [0.2, 0.25) is 0 Å². The summed E-state index contributed by atoms with van der Waals surface area (Å²) in [5.41, 5.74) is 5.19. The summed E-state index contributed by atoms with van der Waals surface area (Å²) in [4.78, 5) is 0. The van der Waals surface area contributed by atoms with Crippen molar-refractivity contribution in [1.82, 2.24) is 0 Å². The highest BCUT2D eigenvalue weighted by Gasteiger charge is 2.36. The normalized spacial score (nSPS) is 27.4. The molecule has 2 aromatic rings. The van der Waals surface area contributed by atoms with Gasteiger partial charge in [0.05, 0.1) is 5.25 Å². The van der Waals surface area contributed by atoms with E-state index in [1.54, 1.807) is 0 Å². The van der Waals surface area contributed by atoms with Gasteiger partial charge in [-0.05, 0) is 41.5 Å². The molecule has 1 nitrogen and oxygen atoms in total. The van der Waals surface area contributed by atoms with Crippen molar-refractivity contribution in [3.8, 4) is 11.1 Å². The first-order valence-electron chi connectivity index (χ1n) is 7.57. The lowest BCUT2D eigenvalue weighted by Gasteiger charge is -2.19. The van der Waals surface area contributed by atoms with Crippen LogP contribution >= 0.6 is 0 Å². The average Bonchev–Trinajstić information content (AvgIpc) is 2.77. The molecule has 3 unspecified atom stereocenters. The van der Waals surface area contributed by atoms with Crippen molar-refractivity contribution < 1.29 is 4.21 Å². The Balaban J connectivity index is 1.63. The highest BCUT2D eigenvalue weighted by molar-refractivity contribution is 7.86. The van der Waals surface area contributed by atoms with Gasteiger partial charge in [-0.1, -0.05) is 60.7 Å². The van der Waals surface area contributed by atoms with Crippen LogP contribution in [0.5, 0.6) is 0 Å². The summed E-state index contributed by atoms with van der Waals surface area (Å²) >= 11 is 0. The lowest BCUT2D eigenvalue weighted by molar-refractivity contribution is 0.674. The molecular weight excluding hydrogens is 276 g/mol. The first-order chi connectivity index (χ1) is 10.3. The Morgan fingerprint density at radius 3 is 2.19 bits per heavy atom. The van der Waals surface area contributed by atoms with Gasteiger partial charge in [-0.15, -0.1) is 0 Å². The first-order valence-corrected chi connectivity index (χ1v) is 8.85. The Bertz CT molecular complexity index is 700. The van der Waals surface area contributed by atoms with Crippen LogP contribution in [0.3, 0.4) is 0 Å². The van der Waals surface area contributed by atoms with Crippen LogP contribution in [0.4, 0.5) is 0 Å². The van der Waals surface area contributed by atoms with E-state index in [1.165, 1.54) is 22.3 Å². The molecule has 0 N–H and O–H groups in total. The molecule has 0 radical (unpaired) electrons. The first kappa shape index (κ1) is 13.0. The minimum Gasteiger partial charge on any atom is -0.259 e. The molecule has 2 heterocycles. The molecule has 2 aliphatic rings. The molecule has 0 amide bonds. The molecule has 21 heavy (non-hydrogen) atoms. The van der Waals surface area contributed by atoms with Crippen LogP contribution < -0.4 is 0 Å². The second-order valence-electron chi connectivity index (χ2n) is 5.91. The summed E-state index contributed by atoms with van der Waals surface area (Å²) in [6, 6.07) is 19.3. The van der Waals surface area contributed by atoms with E-state index < -0.39 is 10.8 Å². The quantitative estimate of drug-likeness (QED) is 0.801. The maximum atomic E-state index is 12.1. The minimum atomic E-state index is -0.624. The van der Waals surface area contributed by atoms with Crippen molar-refractivity contribution in [2.24, 2.45) is 0 Å². The molecule has 0 aromatic heterocycles. The van der Waals surface area contributed by atoms with Crippen molar-refractivity contribution in [2.45, 2.75) is 29.8 Å². The summed E-state index contributed by atoms with van der Waals surface area (Å²) in [5, 5.41) is 0.691. The molecule has 4 rings (SSSR count). The topological polar surface area (TPSA) is 17.1 Å². The number of allylic oxidation sites excluding steroid dienone is 1. The molecule has 3 atom stereocenters. The van der Waals surface area contributed by atoms with E-state index >= 15 is 0 Å². The van der Waals surface area contributed by atoms with Crippen LogP contribution in [0.1, 0.15) is 24.8 Å². The van der Waals surface area contributed by atoms with Crippen molar-refractivity contribution in [3.05, 3.63) is 66.2 Å². The standard InChI is InChI=1S/C19H18OS/c20-21-18-10-11-19(21)13-17(12-18)16-8-6-15(7-9-16)14-4-2-1-3-5-14/h1-9,12,18-19H,10-11,13H2. The molecule has 0 spiro atoms. The summed E-state index contributed by atoms with van der Waals surface area (Å²) in [5.74, 6) is 0. The van der Waals surface area contributed by atoms with E-state index in [-0.39, 0.29) is 0 Å². The van der Waals surface area contributed by atoms with Crippen molar-refractivity contribution in [1.29, 1.82) is 0 Å². The van der Waals surface area contributed by atoms with Crippen LogP contribution in [0.15, 0.2) is 60.7 Å². The number of fused-ring (bicyclic) bond motifs is 2. The SMILES string of the molecule is O=S1C2C=C(c3ccc(-c4ccccc4)cc3)CC1CC2. The largest absolute Gasteiger partial charge is 0.259 e. The van der Waals surface area contributed by atoms with Crippen molar-refractivity contribution in [3.63, 3.8) is 0 Å². The Labute approximate surface area is 128 Å². The summed E-state index contributed by atoms with van der Waals surface area (Å²) in [7, 11) is -0.624. The fraction of sp³-hybridized carbons (Fsp3) is 0.263. The summed E-state index contributed by atoms with van der Waals surface area (Å²) in [6.45, 7) is 0. The van der Waals surface area contributed by atoms with Crippen LogP contribution in [-0.2, 0) is 10.8 Å². The van der Waals surface area contributed by atoms with Gasteiger partial charge in [-0.25, -0.2) is 0 Å². The second-order valence-corrected chi connectivity index (χ2v) is 7.83. The predicted molar refractivity (Wildman–Crippen MR) is 89.4 cm³/mol. The van der Waals surface area contributed by atoms with Crippen LogP contribution in [-0.4, -0.2) is 14.7 Å². The zero-order valence-corrected chi connectivity index (χ0v) is 12.7. The lowest BCUT2D eigenvalue weighted by atomic mass is 9.97. The fourth-order valence-corrected chi connectivity index (χ4v) is 5.30. The molecular formula is C19H18OS. The van der Waals surface area contributed by atoms with E-state index in [0.717, 1.165) is 19.3 Å². The van der Waals surface area contributed by atoms with Crippen molar-refractivity contribution >= 4 is 16.4 Å². The molecule has 0 saturated carbocycles. The smallest absolute Gasteiger partial charge is 0.0536 e. The van der Waals surface area contributed by atoms with Gasteiger partial charge in [0, 0.05) is 16.0 Å². The maximum absolute atomic E-state index is 12.1. The number of hydrogen-bond acceptors (Lipinski definition) is 1. The van der Waals surface area contributed by atoms with Crippen LogP contribution in [0.25, 0.3) is 16.7 Å². The number of benzene rings is 2. The highest BCUT2D eigenvalue weighted by Crippen LogP contribution is 2.38. The third-order valence-electron chi connectivity index (χ3n) is 4.60. The second kappa shape index (κ2) is 5.27. The predicted octanol–water partition coefficient (Wildman–Crippen LogP) is 4.42. The molecule has 1 saturated heterocycles. The van der Waals surface area contributed by atoms with Crippen molar-refractivity contribution in [2.75, 3.05) is 0 Å². The molecule has 106 valence electrons. The monoisotopic (exact) mass is 294 g/mol. The fourth-order valence-electron chi connectivity index (χ4n) is 3.42. The highest BCUT2D eigenvalue weighted by atomic mass is 32.2. The Hall–Kier alpha value is -1.67. The van der Waals surface area contributed by atoms with Gasteiger partial charge in [0.15, 0.2) is 0 Å². The Morgan fingerprint density at radius 1 is 0.810 bits per heavy atom. The van der Waals surface area contributed by atoms with Gasteiger partial charge in [-0.3, -0.25) is 4.21 Å². The van der Waals surface area contributed by atoms with Crippen LogP contribution in [0, 0.1) is 0 Å². The lowest BCUT2D eigenvalue weighted by Crippen LogP contribution is -2.19. The summed E-state index contributed by atoms with van der Waals surface area (Å²) in [6.07, 6.45) is 5.47. The third kappa shape index (κ3) is 2.38. The summed E-state index contributed by atoms with van der Waals surface area (Å²) < 4.78 is 12.1. The zero-order valence-electron chi connectivity index (χ0n) is 11.9. The Kier molecular flexibility index (Phi) is 3.27. The van der Waals surface area contributed by atoms with Gasteiger partial charge in [-0.2, -0.15) is 0 Å². The minimum absolute atomic E-state index is 0.299. The molecule has 2 aromatic carbocycles. The van der Waals surface area contributed by atoms with E-state index in [2.05, 4.69) is 54.6 Å². The molecule has 1 fully saturated rings.